The molecule has 0 spiro atoms. The lowest BCUT2D eigenvalue weighted by atomic mass is 10.0. The number of hydrogen-bond acceptors (Lipinski definition) is 7. The van der Waals surface area contributed by atoms with Crippen LogP contribution in [-0.2, 0) is 11.3 Å². The predicted molar refractivity (Wildman–Crippen MR) is 107 cm³/mol. The lowest BCUT2D eigenvalue weighted by Gasteiger charge is -2.37. The van der Waals surface area contributed by atoms with E-state index >= 15 is 0 Å². The van der Waals surface area contributed by atoms with Crippen molar-refractivity contribution >= 4 is 17.7 Å². The van der Waals surface area contributed by atoms with E-state index in [2.05, 4.69) is 4.98 Å². The zero-order chi connectivity index (χ0) is 22.2. The summed E-state index contributed by atoms with van der Waals surface area (Å²) in [5.74, 6) is -0.395. The highest BCUT2D eigenvalue weighted by molar-refractivity contribution is 5.97. The Balaban J connectivity index is 1.71. The van der Waals surface area contributed by atoms with Crippen molar-refractivity contribution in [2.24, 2.45) is 0 Å². The van der Waals surface area contributed by atoms with E-state index in [1.807, 2.05) is 20.8 Å². The van der Waals surface area contributed by atoms with Gasteiger partial charge in [-0.2, -0.15) is 0 Å². The topological polar surface area (TPSA) is 115 Å². The summed E-state index contributed by atoms with van der Waals surface area (Å²) in [6, 6.07) is 1.31. The van der Waals surface area contributed by atoms with E-state index in [-0.39, 0.29) is 48.0 Å². The molecule has 2 amide bonds. The highest BCUT2D eigenvalue weighted by atomic mass is 16.6. The number of likely N-dealkylation sites (tertiary alicyclic amines) is 1. The first-order valence-corrected chi connectivity index (χ1v) is 10.1. The van der Waals surface area contributed by atoms with E-state index in [1.54, 1.807) is 23.6 Å². The molecule has 10 heteroatoms. The van der Waals surface area contributed by atoms with E-state index < -0.39 is 10.5 Å². The van der Waals surface area contributed by atoms with Crippen molar-refractivity contribution in [1.82, 2.24) is 14.8 Å². The third-order valence-corrected chi connectivity index (χ3v) is 4.95. The van der Waals surface area contributed by atoms with Gasteiger partial charge in [0.05, 0.1) is 11.0 Å². The highest BCUT2D eigenvalue weighted by Gasteiger charge is 2.39. The van der Waals surface area contributed by atoms with Gasteiger partial charge < -0.3 is 19.3 Å². The number of hydrogen-bond donors (Lipinski definition) is 0. The fraction of sp³-hybridized carbons (Fsp3) is 0.650. The second-order valence-electron chi connectivity index (χ2n) is 8.88. The SMILES string of the molecule is CC(C)Oc1nc2c(cc1[N+](=O)[O-])CN(C1CCN(C(=O)OC(C)(C)C)CC1)C2=O. The Morgan fingerprint density at radius 1 is 1.30 bits per heavy atom. The molecular weight excluding hydrogens is 392 g/mol. The van der Waals surface area contributed by atoms with Crippen LogP contribution in [0.2, 0.25) is 0 Å². The quantitative estimate of drug-likeness (QED) is 0.543. The molecule has 0 saturated carbocycles. The smallest absolute Gasteiger partial charge is 0.410 e. The van der Waals surface area contributed by atoms with Crippen molar-refractivity contribution < 1.29 is 24.0 Å². The van der Waals surface area contributed by atoms with E-state index in [0.717, 1.165) is 0 Å². The van der Waals surface area contributed by atoms with Gasteiger partial charge in [-0.25, -0.2) is 9.78 Å². The average Bonchev–Trinajstić information content (AvgIpc) is 2.95. The predicted octanol–water partition coefficient (Wildman–Crippen LogP) is 3.13. The lowest BCUT2D eigenvalue weighted by Crippen LogP contribution is -2.48. The van der Waals surface area contributed by atoms with Crippen molar-refractivity contribution in [3.8, 4) is 5.88 Å². The second kappa shape index (κ2) is 8.08. The maximum atomic E-state index is 13.0. The van der Waals surface area contributed by atoms with Crippen LogP contribution >= 0.6 is 0 Å². The molecule has 0 unspecified atom stereocenters. The first kappa shape index (κ1) is 21.8. The Hall–Kier alpha value is -2.91. The van der Waals surface area contributed by atoms with Crippen LogP contribution in [0.4, 0.5) is 10.5 Å². The Bertz CT molecular complexity index is 856. The maximum absolute atomic E-state index is 13.0. The molecule has 0 radical (unpaired) electrons. The minimum atomic E-state index is -0.559. The van der Waals surface area contributed by atoms with Crippen molar-refractivity contribution in [3.05, 3.63) is 27.4 Å². The largest absolute Gasteiger partial charge is 0.470 e. The van der Waals surface area contributed by atoms with Gasteiger partial charge in [0, 0.05) is 37.3 Å². The number of nitrogens with zero attached hydrogens (tertiary/aromatic N) is 4. The number of rotatable bonds is 4. The number of amides is 2. The zero-order valence-corrected chi connectivity index (χ0v) is 18.0. The van der Waals surface area contributed by atoms with Crippen molar-refractivity contribution in [2.45, 2.75) is 71.8 Å². The summed E-state index contributed by atoms with van der Waals surface area (Å²) < 4.78 is 10.9. The van der Waals surface area contributed by atoms with Crippen molar-refractivity contribution in [2.75, 3.05) is 13.1 Å². The van der Waals surface area contributed by atoms with Gasteiger partial charge in [0.25, 0.3) is 11.8 Å². The summed E-state index contributed by atoms with van der Waals surface area (Å²) in [6.45, 7) is 10.2. The number of carbonyl (C=O) groups is 2. The van der Waals surface area contributed by atoms with E-state index in [0.29, 0.717) is 31.5 Å². The Labute approximate surface area is 175 Å². The number of nitro groups is 1. The molecule has 1 fully saturated rings. The van der Waals surface area contributed by atoms with Gasteiger partial charge >= 0.3 is 11.8 Å². The lowest BCUT2D eigenvalue weighted by molar-refractivity contribution is -0.386. The molecule has 30 heavy (non-hydrogen) atoms. The zero-order valence-electron chi connectivity index (χ0n) is 18.0. The minimum Gasteiger partial charge on any atom is -0.470 e. The number of aromatic nitrogens is 1. The molecule has 0 atom stereocenters. The van der Waals surface area contributed by atoms with Gasteiger partial charge in [-0.3, -0.25) is 14.9 Å². The van der Waals surface area contributed by atoms with Gasteiger partial charge in [-0.15, -0.1) is 0 Å². The molecule has 1 aromatic rings. The number of fused-ring (bicyclic) bond motifs is 1. The van der Waals surface area contributed by atoms with Crippen LogP contribution in [0, 0.1) is 10.1 Å². The summed E-state index contributed by atoms with van der Waals surface area (Å²) in [5, 5.41) is 11.4. The highest BCUT2D eigenvalue weighted by Crippen LogP contribution is 2.34. The van der Waals surface area contributed by atoms with Gasteiger partial charge in [-0.1, -0.05) is 0 Å². The van der Waals surface area contributed by atoms with Crippen LogP contribution in [0.5, 0.6) is 5.88 Å². The summed E-state index contributed by atoms with van der Waals surface area (Å²) in [6.07, 6.45) is 0.552. The molecule has 2 aliphatic rings. The number of carbonyl (C=O) groups excluding carboxylic acids is 2. The summed E-state index contributed by atoms with van der Waals surface area (Å²) >= 11 is 0. The van der Waals surface area contributed by atoms with Crippen LogP contribution in [0.1, 0.15) is 63.5 Å². The Morgan fingerprint density at radius 3 is 2.47 bits per heavy atom. The third-order valence-electron chi connectivity index (χ3n) is 4.95. The maximum Gasteiger partial charge on any atom is 0.410 e. The monoisotopic (exact) mass is 420 g/mol. The number of piperidine rings is 1. The van der Waals surface area contributed by atoms with Crippen LogP contribution < -0.4 is 4.74 Å². The molecule has 1 aromatic heterocycles. The number of pyridine rings is 1. The van der Waals surface area contributed by atoms with Crippen molar-refractivity contribution in [1.29, 1.82) is 0 Å². The summed E-state index contributed by atoms with van der Waals surface area (Å²) in [7, 11) is 0. The molecule has 10 nitrogen and oxygen atoms in total. The van der Waals surface area contributed by atoms with E-state index in [4.69, 9.17) is 9.47 Å². The first-order chi connectivity index (χ1) is 14.0. The van der Waals surface area contributed by atoms with Crippen LogP contribution in [0.25, 0.3) is 0 Å². The van der Waals surface area contributed by atoms with Crippen LogP contribution in [-0.4, -0.2) is 62.5 Å². The van der Waals surface area contributed by atoms with Crippen LogP contribution in [0.15, 0.2) is 6.07 Å². The third kappa shape index (κ3) is 4.63. The standard InChI is InChI=1S/C20H28N4O6/c1-12(2)29-17-15(24(27)28)10-13-11-23(18(25)16(13)21-17)14-6-8-22(9-7-14)19(26)30-20(3,4)5/h10,12,14H,6-9,11H2,1-5H3. The normalized spacial score (nSPS) is 17.3. The molecule has 164 valence electrons. The fourth-order valence-electron chi connectivity index (χ4n) is 3.65. The molecule has 0 aliphatic carbocycles. The average molecular weight is 420 g/mol. The molecular formula is C20H28N4O6. The summed E-state index contributed by atoms with van der Waals surface area (Å²) in [4.78, 5) is 43.6. The number of ether oxygens (including phenoxy) is 2. The molecule has 1 saturated heterocycles. The Morgan fingerprint density at radius 2 is 1.93 bits per heavy atom. The second-order valence-corrected chi connectivity index (χ2v) is 8.88. The Kier molecular flexibility index (Phi) is 5.87. The van der Waals surface area contributed by atoms with Gasteiger partial charge in [0.2, 0.25) is 0 Å². The van der Waals surface area contributed by atoms with E-state index in [9.17, 15) is 19.7 Å². The summed E-state index contributed by atoms with van der Waals surface area (Å²) in [5.41, 5.74) is -0.0727. The molecule has 0 aromatic carbocycles. The molecule has 0 bridgehead atoms. The minimum absolute atomic E-state index is 0.0705. The fourth-order valence-corrected chi connectivity index (χ4v) is 3.65. The van der Waals surface area contributed by atoms with Gasteiger partial charge in [0.15, 0.2) is 0 Å². The van der Waals surface area contributed by atoms with Gasteiger partial charge in [0.1, 0.15) is 11.3 Å². The molecule has 0 N–H and O–H groups in total. The first-order valence-electron chi connectivity index (χ1n) is 10.1. The van der Waals surface area contributed by atoms with Gasteiger partial charge in [-0.05, 0) is 47.5 Å². The molecule has 2 aliphatic heterocycles. The molecule has 3 rings (SSSR count). The molecule has 3 heterocycles. The van der Waals surface area contributed by atoms with Crippen molar-refractivity contribution in [3.63, 3.8) is 0 Å². The van der Waals surface area contributed by atoms with E-state index in [1.165, 1.54) is 6.07 Å². The van der Waals surface area contributed by atoms with Crippen LogP contribution in [0.3, 0.4) is 0 Å².